The van der Waals surface area contributed by atoms with E-state index < -0.39 is 4.92 Å². The Kier molecular flexibility index (Phi) is 8.48. The van der Waals surface area contributed by atoms with Gasteiger partial charge in [-0.25, -0.2) is 0 Å². The molecule has 1 fully saturated rings. The molecular weight excluding hydrogens is 424 g/mol. The Balaban J connectivity index is 1.75. The number of hydrogen-bond acceptors (Lipinski definition) is 7. The van der Waals surface area contributed by atoms with Crippen molar-refractivity contribution in [2.24, 2.45) is 5.73 Å². The van der Waals surface area contributed by atoms with Crippen molar-refractivity contribution in [2.45, 2.75) is 58.2 Å². The first-order valence-electron chi connectivity index (χ1n) is 11.4. The summed E-state index contributed by atoms with van der Waals surface area (Å²) in [5.41, 5.74) is 7.52. The number of rotatable bonds is 10. The zero-order chi connectivity index (χ0) is 23.8. The molecule has 3 rings (SSSR count). The summed E-state index contributed by atoms with van der Waals surface area (Å²) in [7, 11) is 0. The van der Waals surface area contributed by atoms with Gasteiger partial charge in [0.25, 0.3) is 11.6 Å². The highest BCUT2D eigenvalue weighted by molar-refractivity contribution is 6.00. The molecule has 1 saturated carbocycles. The Hall–Kier alpha value is -3.33. The molecule has 0 bridgehead atoms. The lowest BCUT2D eigenvalue weighted by molar-refractivity contribution is -0.384. The zero-order valence-corrected chi connectivity index (χ0v) is 19.1. The lowest BCUT2D eigenvalue weighted by Gasteiger charge is -2.28. The third kappa shape index (κ3) is 6.58. The molecule has 2 aromatic rings. The molecule has 2 aromatic carbocycles. The predicted molar refractivity (Wildman–Crippen MR) is 127 cm³/mol. The highest BCUT2D eigenvalue weighted by Crippen LogP contribution is 2.29. The van der Waals surface area contributed by atoms with Gasteiger partial charge in [0.2, 0.25) is 0 Å². The van der Waals surface area contributed by atoms with E-state index in [1.807, 2.05) is 32.0 Å². The largest absolute Gasteiger partial charge is 0.490 e. The fourth-order valence-corrected chi connectivity index (χ4v) is 3.93. The number of nitrogens with one attached hydrogen (secondary N) is 2. The van der Waals surface area contributed by atoms with Gasteiger partial charge in [0.05, 0.1) is 23.7 Å². The zero-order valence-electron chi connectivity index (χ0n) is 19.1. The van der Waals surface area contributed by atoms with Crippen LogP contribution in [0.4, 0.5) is 11.4 Å². The highest BCUT2D eigenvalue weighted by Gasteiger charge is 2.22. The number of anilines is 1. The number of nitro groups is 1. The third-order valence-corrected chi connectivity index (χ3v) is 5.65. The van der Waals surface area contributed by atoms with Crippen molar-refractivity contribution in [2.75, 3.05) is 18.5 Å². The molecule has 9 heteroatoms. The number of nitrogens with zero attached hydrogens (tertiary/aromatic N) is 1. The van der Waals surface area contributed by atoms with Crippen LogP contribution in [0.25, 0.3) is 0 Å². The summed E-state index contributed by atoms with van der Waals surface area (Å²) >= 11 is 0. The van der Waals surface area contributed by atoms with Crippen molar-refractivity contribution >= 4 is 17.3 Å². The quantitative estimate of drug-likeness (QED) is 0.364. The lowest BCUT2D eigenvalue weighted by Crippen LogP contribution is -2.33. The number of non-ortho nitro benzene ring substituents is 1. The van der Waals surface area contributed by atoms with E-state index in [0.29, 0.717) is 30.4 Å². The maximum Gasteiger partial charge on any atom is 0.270 e. The van der Waals surface area contributed by atoms with Crippen LogP contribution in [0.15, 0.2) is 36.4 Å². The van der Waals surface area contributed by atoms with E-state index in [4.69, 9.17) is 15.2 Å². The summed E-state index contributed by atoms with van der Waals surface area (Å²) < 4.78 is 11.2. The van der Waals surface area contributed by atoms with Crippen molar-refractivity contribution in [1.29, 1.82) is 0 Å². The summed E-state index contributed by atoms with van der Waals surface area (Å²) in [4.78, 5) is 23.8. The molecule has 1 aliphatic carbocycles. The summed E-state index contributed by atoms with van der Waals surface area (Å²) in [6.07, 6.45) is 3.61. The maximum absolute atomic E-state index is 13.0. The van der Waals surface area contributed by atoms with E-state index in [-0.39, 0.29) is 35.8 Å². The second-order valence-electron chi connectivity index (χ2n) is 8.07. The number of nitro benzene ring substituents is 1. The topological polar surface area (TPSA) is 129 Å². The summed E-state index contributed by atoms with van der Waals surface area (Å²) in [5, 5.41) is 17.5. The van der Waals surface area contributed by atoms with Crippen LogP contribution in [-0.2, 0) is 6.54 Å². The summed E-state index contributed by atoms with van der Waals surface area (Å²) in [5.74, 6) is 0.867. The van der Waals surface area contributed by atoms with E-state index in [1.54, 1.807) is 6.07 Å². The molecule has 4 N–H and O–H groups in total. The third-order valence-electron chi connectivity index (χ3n) is 5.65. The molecule has 0 spiro atoms. The van der Waals surface area contributed by atoms with Gasteiger partial charge in [-0.3, -0.25) is 14.9 Å². The molecule has 0 radical (unpaired) electrons. The minimum absolute atomic E-state index is 0.129. The molecule has 0 unspecified atom stereocenters. The molecule has 0 aliphatic heterocycles. The Morgan fingerprint density at radius 1 is 1.06 bits per heavy atom. The number of hydrogen-bond donors (Lipinski definition) is 3. The summed E-state index contributed by atoms with van der Waals surface area (Å²) in [6.45, 7) is 5.04. The Bertz CT molecular complexity index is 973. The van der Waals surface area contributed by atoms with E-state index in [2.05, 4.69) is 10.6 Å². The number of carbonyl (C=O) groups is 1. The number of amides is 1. The minimum Gasteiger partial charge on any atom is -0.490 e. The standard InChI is InChI=1S/C24H32N4O5/c1-3-32-22-12-5-16(13-23(22)33-4-2)15-26-24(29)20-14-19(28(30)31)10-11-21(20)27-18-8-6-17(25)7-9-18/h5,10-14,17-18,27H,3-4,6-9,15,25H2,1-2H3,(H,26,29). The Morgan fingerprint density at radius 3 is 2.42 bits per heavy atom. The van der Waals surface area contributed by atoms with Crippen LogP contribution >= 0.6 is 0 Å². The van der Waals surface area contributed by atoms with Gasteiger partial charge < -0.3 is 25.8 Å². The fourth-order valence-electron chi connectivity index (χ4n) is 3.93. The normalized spacial score (nSPS) is 17.8. The van der Waals surface area contributed by atoms with Crippen LogP contribution in [0, 0.1) is 10.1 Å². The van der Waals surface area contributed by atoms with Gasteiger partial charge in [-0.2, -0.15) is 0 Å². The minimum atomic E-state index is -0.499. The van der Waals surface area contributed by atoms with Crippen LogP contribution in [0.1, 0.15) is 55.5 Å². The van der Waals surface area contributed by atoms with Crippen LogP contribution in [-0.4, -0.2) is 36.1 Å². The average Bonchev–Trinajstić information content (AvgIpc) is 2.81. The van der Waals surface area contributed by atoms with Gasteiger partial charge in [-0.15, -0.1) is 0 Å². The van der Waals surface area contributed by atoms with Crippen LogP contribution < -0.4 is 25.8 Å². The second kappa shape index (κ2) is 11.5. The molecule has 33 heavy (non-hydrogen) atoms. The SMILES string of the molecule is CCOc1ccc(CNC(=O)c2cc([N+](=O)[O-])ccc2NC2CCC(N)CC2)cc1OCC. The molecule has 0 atom stereocenters. The van der Waals surface area contributed by atoms with Gasteiger partial charge in [-0.05, 0) is 63.3 Å². The van der Waals surface area contributed by atoms with Crippen molar-refractivity contribution < 1.29 is 19.2 Å². The van der Waals surface area contributed by atoms with Gasteiger partial charge >= 0.3 is 0 Å². The molecule has 0 saturated heterocycles. The van der Waals surface area contributed by atoms with Gasteiger partial charge in [-0.1, -0.05) is 6.07 Å². The molecule has 0 aromatic heterocycles. The summed E-state index contributed by atoms with van der Waals surface area (Å²) in [6, 6.07) is 10.2. The molecule has 1 amide bonds. The molecule has 1 aliphatic rings. The number of ether oxygens (including phenoxy) is 2. The van der Waals surface area contributed by atoms with Gasteiger partial charge in [0.1, 0.15) is 0 Å². The highest BCUT2D eigenvalue weighted by atomic mass is 16.6. The molecule has 9 nitrogen and oxygen atoms in total. The predicted octanol–water partition coefficient (Wildman–Crippen LogP) is 4.00. The van der Waals surface area contributed by atoms with Crippen molar-refractivity contribution in [3.63, 3.8) is 0 Å². The molecular formula is C24H32N4O5. The van der Waals surface area contributed by atoms with Crippen LogP contribution in [0.2, 0.25) is 0 Å². The number of nitrogens with two attached hydrogens (primary N) is 1. The monoisotopic (exact) mass is 456 g/mol. The first kappa shape index (κ1) is 24.3. The maximum atomic E-state index is 13.0. The first-order valence-corrected chi connectivity index (χ1v) is 11.4. The average molecular weight is 457 g/mol. The van der Waals surface area contributed by atoms with Gasteiger partial charge in [0, 0.05) is 36.4 Å². The smallest absolute Gasteiger partial charge is 0.270 e. The lowest BCUT2D eigenvalue weighted by atomic mass is 9.91. The molecule has 0 heterocycles. The van der Waals surface area contributed by atoms with Crippen molar-refractivity contribution in [1.82, 2.24) is 5.32 Å². The number of benzene rings is 2. The van der Waals surface area contributed by atoms with Gasteiger partial charge in [0.15, 0.2) is 11.5 Å². The van der Waals surface area contributed by atoms with E-state index >= 15 is 0 Å². The van der Waals surface area contributed by atoms with Crippen molar-refractivity contribution in [3.8, 4) is 11.5 Å². The van der Waals surface area contributed by atoms with E-state index in [0.717, 1.165) is 31.2 Å². The first-order chi connectivity index (χ1) is 15.9. The van der Waals surface area contributed by atoms with Crippen LogP contribution in [0.3, 0.4) is 0 Å². The fraction of sp³-hybridized carbons (Fsp3) is 0.458. The van der Waals surface area contributed by atoms with E-state index in [1.165, 1.54) is 12.1 Å². The Labute approximate surface area is 193 Å². The second-order valence-corrected chi connectivity index (χ2v) is 8.07. The van der Waals surface area contributed by atoms with Crippen LogP contribution in [0.5, 0.6) is 11.5 Å². The Morgan fingerprint density at radius 2 is 1.76 bits per heavy atom. The van der Waals surface area contributed by atoms with E-state index in [9.17, 15) is 14.9 Å². The van der Waals surface area contributed by atoms with Crippen molar-refractivity contribution in [3.05, 3.63) is 57.6 Å². The molecule has 178 valence electrons. The number of carbonyl (C=O) groups excluding carboxylic acids is 1.